The maximum atomic E-state index is 11.6. The van der Waals surface area contributed by atoms with Gasteiger partial charge in [0.2, 0.25) is 0 Å². The van der Waals surface area contributed by atoms with Crippen molar-refractivity contribution in [1.82, 2.24) is 4.90 Å². The predicted octanol–water partition coefficient (Wildman–Crippen LogP) is 14.8. The topological polar surface area (TPSA) is 218 Å². The first-order chi connectivity index (χ1) is 39.8. The Morgan fingerprint density at radius 1 is 0.542 bits per heavy atom. The molecule has 4 aromatic rings. The van der Waals surface area contributed by atoms with Crippen LogP contribution in [0.1, 0.15) is 97.2 Å². The highest BCUT2D eigenvalue weighted by Crippen LogP contribution is 2.56. The molecule has 83 heavy (non-hydrogen) atoms. The lowest BCUT2D eigenvalue weighted by Crippen LogP contribution is -1.99. The number of aliphatic hydroxyl groups is 3. The largest absolute Gasteiger partial charge is 0.474 e. The van der Waals surface area contributed by atoms with Gasteiger partial charge in [0.05, 0.1) is 59.5 Å². The summed E-state index contributed by atoms with van der Waals surface area (Å²) in [6, 6.07) is 34.2. The molecule has 1 atom stereocenters. The van der Waals surface area contributed by atoms with Crippen molar-refractivity contribution in [3.63, 3.8) is 0 Å². The Kier molecular flexibility index (Phi) is 54.2. The Hall–Kier alpha value is -3.45. The van der Waals surface area contributed by atoms with Crippen LogP contribution in [0.5, 0.6) is 0 Å². The van der Waals surface area contributed by atoms with Gasteiger partial charge in [-0.05, 0) is 118 Å². The Labute approximate surface area is 506 Å². The molecule has 2 aliphatic heterocycles. The SMILES string of the molecule is C=CC.C=Cc1ccc(COCCCCO)cc1.C=Cc1ccc(COCCCCOP(C)(=O)O)cc1.C=Cc1ccc(COCCCCOP2(=O)OCCO2)cc1.CN(C)C.ClCc1ccccc1.O=P1(Cl)OCCO1.OCCCCO. The zero-order valence-electron chi connectivity index (χ0n) is 49.7. The van der Waals surface area contributed by atoms with Crippen molar-refractivity contribution < 1.29 is 75.3 Å². The smallest absolute Gasteiger partial charge is 0.396 e. The van der Waals surface area contributed by atoms with E-state index in [4.69, 9.17) is 75.4 Å². The van der Waals surface area contributed by atoms with Gasteiger partial charge in [0.1, 0.15) is 0 Å². The van der Waals surface area contributed by atoms with Gasteiger partial charge in [-0.1, -0.05) is 147 Å². The van der Waals surface area contributed by atoms with Crippen LogP contribution in [0.15, 0.2) is 136 Å². The Bertz CT molecular complexity index is 2290. The molecule has 2 aliphatic rings. The van der Waals surface area contributed by atoms with E-state index in [9.17, 15) is 13.7 Å². The van der Waals surface area contributed by atoms with Crippen molar-refractivity contribution in [3.8, 4) is 0 Å². The van der Waals surface area contributed by atoms with E-state index in [1.165, 1.54) is 17.8 Å². The third-order valence-corrected chi connectivity index (χ3v) is 13.8. The summed E-state index contributed by atoms with van der Waals surface area (Å²) in [4.78, 5) is 10.9. The number of aliphatic hydroxyl groups excluding tert-OH is 3. The molecule has 0 bridgehead atoms. The highest BCUT2D eigenvalue weighted by molar-refractivity contribution is 7.81. The number of unbranched alkanes of at least 4 members (excludes halogenated alkanes) is 4. The number of allylic oxidation sites excluding steroid dienone is 1. The van der Waals surface area contributed by atoms with Crippen molar-refractivity contribution in [1.29, 1.82) is 0 Å². The normalized spacial score (nSPS) is 13.8. The average molecular weight is 1260 g/mol. The van der Waals surface area contributed by atoms with Crippen LogP contribution in [0.25, 0.3) is 18.2 Å². The van der Waals surface area contributed by atoms with E-state index in [-0.39, 0.29) is 19.8 Å². The maximum absolute atomic E-state index is 11.6. The van der Waals surface area contributed by atoms with Crippen LogP contribution in [0.4, 0.5) is 0 Å². The van der Waals surface area contributed by atoms with E-state index in [1.54, 1.807) is 12.2 Å². The molecule has 4 N–H and O–H groups in total. The quantitative estimate of drug-likeness (QED) is 0.0172. The highest BCUT2D eigenvalue weighted by Gasteiger charge is 2.31. The monoisotopic (exact) mass is 1260 g/mol. The molecule has 2 saturated heterocycles. The van der Waals surface area contributed by atoms with E-state index in [2.05, 4.69) is 35.4 Å². The first kappa shape index (κ1) is 81.6. The molecule has 0 saturated carbocycles. The number of phosphoric ester groups is 1. The lowest BCUT2D eigenvalue weighted by Gasteiger charge is -2.09. The number of hydrogen-bond donors (Lipinski definition) is 4. The third-order valence-electron chi connectivity index (χ3n) is 9.82. The van der Waals surface area contributed by atoms with E-state index in [1.807, 2.05) is 148 Å². The summed E-state index contributed by atoms with van der Waals surface area (Å²) >= 11 is 10.6. The molecule has 0 amide bonds. The minimum Gasteiger partial charge on any atom is -0.396 e. The number of phosphoric acid groups is 1. The fourth-order valence-corrected chi connectivity index (χ4v) is 8.58. The zero-order valence-corrected chi connectivity index (χ0v) is 53.9. The van der Waals surface area contributed by atoms with Crippen LogP contribution in [-0.4, -0.2) is 132 Å². The molecule has 6 rings (SSSR count). The summed E-state index contributed by atoms with van der Waals surface area (Å²) in [5.74, 6) is 0.612. The molecule has 0 aromatic heterocycles. The van der Waals surface area contributed by atoms with Crippen LogP contribution in [-0.2, 0) is 80.7 Å². The summed E-state index contributed by atoms with van der Waals surface area (Å²) in [6.07, 6.45) is 13.5. The fourth-order valence-electron chi connectivity index (χ4n) is 5.69. The summed E-state index contributed by atoms with van der Waals surface area (Å²) in [7, 11) is -0.556. The molecule has 0 aliphatic carbocycles. The van der Waals surface area contributed by atoms with Gasteiger partial charge in [-0.3, -0.25) is 27.2 Å². The average Bonchev–Trinajstić information content (AvgIpc) is 4.11. The number of nitrogens with zero attached hydrogens (tertiary/aromatic N) is 1. The van der Waals surface area contributed by atoms with Gasteiger partial charge in [-0.25, -0.2) is 9.13 Å². The number of hydrogen-bond acceptors (Lipinski definition) is 16. The second kappa shape index (κ2) is 55.2. The summed E-state index contributed by atoms with van der Waals surface area (Å²) < 4.78 is 78.0. The van der Waals surface area contributed by atoms with Crippen LogP contribution in [0.3, 0.4) is 0 Å². The molecule has 0 spiro atoms. The Morgan fingerprint density at radius 2 is 0.855 bits per heavy atom. The summed E-state index contributed by atoms with van der Waals surface area (Å²) in [5, 5.41) is 24.7. The van der Waals surface area contributed by atoms with Gasteiger partial charge in [0, 0.05) is 63.4 Å². The Balaban J connectivity index is 0. The van der Waals surface area contributed by atoms with Gasteiger partial charge in [-0.2, -0.15) is 0 Å². The van der Waals surface area contributed by atoms with E-state index < -0.39 is 22.4 Å². The van der Waals surface area contributed by atoms with E-state index in [0.29, 0.717) is 91.6 Å². The van der Waals surface area contributed by atoms with E-state index >= 15 is 0 Å². The molecule has 470 valence electrons. The second-order valence-electron chi connectivity index (χ2n) is 18.0. The number of benzene rings is 4. The minimum absolute atomic E-state index is 0.195. The van der Waals surface area contributed by atoms with E-state index in [0.717, 1.165) is 72.8 Å². The van der Waals surface area contributed by atoms with Crippen molar-refractivity contribution >= 4 is 63.4 Å². The third kappa shape index (κ3) is 53.7. The fraction of sp³-hybridized carbons (Fsp3) is 0.475. The lowest BCUT2D eigenvalue weighted by atomic mass is 10.1. The highest BCUT2D eigenvalue weighted by atomic mass is 35.7. The zero-order chi connectivity index (χ0) is 62.3. The van der Waals surface area contributed by atoms with Crippen LogP contribution in [0, 0.1) is 0 Å². The van der Waals surface area contributed by atoms with Gasteiger partial charge >= 0.3 is 22.4 Å². The van der Waals surface area contributed by atoms with Crippen LogP contribution in [0.2, 0.25) is 0 Å². The molecule has 0 radical (unpaired) electrons. The van der Waals surface area contributed by atoms with Crippen molar-refractivity contribution in [2.24, 2.45) is 0 Å². The van der Waals surface area contributed by atoms with Crippen molar-refractivity contribution in [2.75, 3.05) is 107 Å². The summed E-state index contributed by atoms with van der Waals surface area (Å²) in [6.45, 7) is 20.9. The molecule has 17 nitrogen and oxygen atoms in total. The number of alkyl halides is 1. The molecular weight excluding hydrogens is 1170 g/mol. The van der Waals surface area contributed by atoms with Gasteiger partial charge in [0.15, 0.2) is 0 Å². The first-order valence-corrected chi connectivity index (χ1v) is 33.8. The van der Waals surface area contributed by atoms with Gasteiger partial charge < -0.3 is 43.8 Å². The Morgan fingerprint density at radius 3 is 1.14 bits per heavy atom. The van der Waals surface area contributed by atoms with Crippen LogP contribution >= 0.6 is 45.2 Å². The molecule has 1 unspecified atom stereocenters. The molecule has 2 fully saturated rings. The number of halogens is 2. The maximum Gasteiger partial charge on any atom is 0.474 e. The number of rotatable bonds is 29. The first-order valence-electron chi connectivity index (χ1n) is 27.3. The number of ether oxygens (including phenoxy) is 3. The van der Waals surface area contributed by atoms with Crippen molar-refractivity contribution in [2.45, 2.75) is 84.0 Å². The molecule has 2 heterocycles. The lowest BCUT2D eigenvalue weighted by molar-refractivity contribution is 0.110. The predicted molar refractivity (Wildman–Crippen MR) is 341 cm³/mol. The minimum atomic E-state index is -3.33. The van der Waals surface area contributed by atoms with Crippen LogP contribution < -0.4 is 0 Å². The van der Waals surface area contributed by atoms with Crippen molar-refractivity contribution in [3.05, 3.63) is 174 Å². The van der Waals surface area contributed by atoms with Gasteiger partial charge in [0.25, 0.3) is 0 Å². The standard InChI is InChI=1S/C15H21O5P.C14H21O4P.C13H18O2.C7H7Cl.C4H10O2.C3H9N.C3H6.C2H4ClO3P/c1-2-14-5-7-15(8-6-14)13-17-9-3-4-10-18-21(16)19-11-12-20-21;1-3-13-6-8-14(9-7-13)12-17-10-4-5-11-18-19(2,15)16;1-2-12-5-7-13(8-6-12)11-15-10-4-3-9-14;8-6-7-4-2-1-3-5-7;5-3-1-2-4-6;1-4(2)3;1-3-2;3-7(4)5-1-2-6-7/h2,5-8H,1,3-4,9-13H2;3,6-9H,1,4-5,10-12H2,2H3,(H,15,16);2,5-8,14H,1,3-4,9-11H2;1-5H,6H2;5-6H,1-4H2;1-3H3;3H,1H2,2H3;1-2H2. The molecular formula is C61H96Cl2NO16P3. The summed E-state index contributed by atoms with van der Waals surface area (Å²) in [5.41, 5.74) is 7.91. The second-order valence-corrected chi connectivity index (χ2v) is 24.5. The molecule has 4 aromatic carbocycles. The van der Waals surface area contributed by atoms with Gasteiger partial charge in [-0.15, -0.1) is 18.2 Å². The molecule has 22 heteroatoms.